The van der Waals surface area contributed by atoms with Gasteiger partial charge in [-0.25, -0.2) is 4.98 Å². The van der Waals surface area contributed by atoms with Crippen molar-refractivity contribution in [1.82, 2.24) is 15.2 Å². The maximum absolute atomic E-state index is 11.9. The van der Waals surface area contributed by atoms with Crippen LogP contribution in [-0.2, 0) is 6.54 Å². The molecule has 0 aliphatic rings. The first-order valence-electron chi connectivity index (χ1n) is 6.24. The molecule has 0 amide bonds. The summed E-state index contributed by atoms with van der Waals surface area (Å²) in [7, 11) is 0. The van der Waals surface area contributed by atoms with Crippen LogP contribution in [0.15, 0.2) is 50.6 Å². The Morgan fingerprint density at radius 1 is 1.05 bits per heavy atom. The van der Waals surface area contributed by atoms with E-state index >= 15 is 0 Å². The molecule has 1 aromatic carbocycles. The van der Waals surface area contributed by atoms with Gasteiger partial charge in [0.05, 0.1) is 23.0 Å². The van der Waals surface area contributed by atoms with Crippen LogP contribution in [0.1, 0.15) is 5.69 Å². The van der Waals surface area contributed by atoms with E-state index in [0.717, 1.165) is 10.3 Å². The maximum Gasteiger partial charge on any atom is 0.272 e. The topological polar surface area (TPSA) is 90.6 Å². The minimum atomic E-state index is -0.338. The van der Waals surface area contributed by atoms with Crippen molar-refractivity contribution in [3.05, 3.63) is 67.4 Å². The molecule has 2 heterocycles. The number of anilines is 1. The lowest BCUT2D eigenvalue weighted by molar-refractivity contribution is 0.974. The van der Waals surface area contributed by atoms with Crippen molar-refractivity contribution in [1.29, 1.82) is 0 Å². The molecular weight excluding hydrogens is 336 g/mol. The van der Waals surface area contributed by atoms with Gasteiger partial charge < -0.3 is 5.32 Å². The van der Waals surface area contributed by atoms with Gasteiger partial charge in [-0.2, -0.15) is 0 Å². The van der Waals surface area contributed by atoms with Crippen molar-refractivity contribution in [2.45, 2.75) is 6.54 Å². The first-order chi connectivity index (χ1) is 10.1. The van der Waals surface area contributed by atoms with Gasteiger partial charge in [-0.05, 0) is 40.2 Å². The molecule has 0 atom stereocenters. The Hall–Kier alpha value is -2.41. The molecule has 6 nitrogen and oxygen atoms in total. The molecule has 0 aliphatic carbocycles. The number of fused-ring (bicyclic) bond motifs is 1. The van der Waals surface area contributed by atoms with E-state index in [9.17, 15) is 9.59 Å². The first-order valence-corrected chi connectivity index (χ1v) is 7.03. The molecule has 7 heteroatoms. The van der Waals surface area contributed by atoms with Crippen molar-refractivity contribution in [2.24, 2.45) is 0 Å². The van der Waals surface area contributed by atoms with Crippen LogP contribution in [0.25, 0.3) is 10.8 Å². The van der Waals surface area contributed by atoms with E-state index in [-0.39, 0.29) is 11.1 Å². The molecule has 0 radical (unpaired) electrons. The van der Waals surface area contributed by atoms with Crippen LogP contribution < -0.4 is 16.4 Å². The zero-order valence-electron chi connectivity index (χ0n) is 10.8. The third-order valence-corrected chi connectivity index (χ3v) is 3.50. The fraction of sp³-hybridized carbons (Fsp3) is 0.0714. The number of nitrogens with zero attached hydrogens (tertiary/aromatic N) is 1. The van der Waals surface area contributed by atoms with Gasteiger partial charge >= 0.3 is 0 Å². The molecule has 0 saturated heterocycles. The summed E-state index contributed by atoms with van der Waals surface area (Å²) in [5.41, 5.74) is 0.757. The van der Waals surface area contributed by atoms with Gasteiger partial charge in [-0.15, -0.1) is 0 Å². The number of nitrogens with one attached hydrogen (secondary N) is 3. The average molecular weight is 347 g/mol. The Balaban J connectivity index is 2.00. The molecule has 3 aromatic rings. The predicted octanol–water partition coefficient (Wildman–Crippen LogP) is 1.99. The van der Waals surface area contributed by atoms with Crippen LogP contribution in [0, 0.1) is 0 Å². The molecule has 0 unspecified atom stereocenters. The van der Waals surface area contributed by atoms with Crippen molar-refractivity contribution < 1.29 is 0 Å². The van der Waals surface area contributed by atoms with E-state index in [1.165, 1.54) is 0 Å². The van der Waals surface area contributed by atoms with E-state index in [1.54, 1.807) is 18.2 Å². The van der Waals surface area contributed by atoms with Crippen LogP contribution in [0.5, 0.6) is 0 Å². The fourth-order valence-electron chi connectivity index (χ4n) is 2.11. The van der Waals surface area contributed by atoms with Gasteiger partial charge in [0.2, 0.25) is 0 Å². The number of halogens is 1. The summed E-state index contributed by atoms with van der Waals surface area (Å²) in [5, 5.41) is 8.49. The Kier molecular flexibility index (Phi) is 3.57. The van der Waals surface area contributed by atoms with Gasteiger partial charge in [-0.1, -0.05) is 12.1 Å². The molecule has 0 aliphatic heterocycles. The zero-order chi connectivity index (χ0) is 14.8. The summed E-state index contributed by atoms with van der Waals surface area (Å²) in [4.78, 5) is 28.0. The van der Waals surface area contributed by atoms with E-state index in [1.807, 2.05) is 18.2 Å². The fourth-order valence-corrected chi connectivity index (χ4v) is 2.49. The lowest BCUT2D eigenvalue weighted by Gasteiger charge is -2.08. The van der Waals surface area contributed by atoms with Crippen molar-refractivity contribution in [3.8, 4) is 0 Å². The number of pyridine rings is 1. The highest BCUT2D eigenvalue weighted by Gasteiger charge is 2.08. The summed E-state index contributed by atoms with van der Waals surface area (Å²) in [6, 6.07) is 10.7. The largest absolute Gasteiger partial charge is 0.379 e. The van der Waals surface area contributed by atoms with Crippen molar-refractivity contribution in [3.63, 3.8) is 0 Å². The van der Waals surface area contributed by atoms with Crippen LogP contribution in [0.3, 0.4) is 0 Å². The number of H-pyrrole nitrogens is 2. The second-order valence-corrected chi connectivity index (χ2v) is 5.25. The summed E-state index contributed by atoms with van der Waals surface area (Å²) >= 11 is 3.31. The minimum Gasteiger partial charge on any atom is -0.379 e. The summed E-state index contributed by atoms with van der Waals surface area (Å²) in [6.07, 6.45) is 0. The predicted molar refractivity (Wildman–Crippen MR) is 84.5 cm³/mol. The Morgan fingerprint density at radius 2 is 1.81 bits per heavy atom. The highest BCUT2D eigenvalue weighted by molar-refractivity contribution is 9.10. The second-order valence-electron chi connectivity index (χ2n) is 4.44. The third kappa shape index (κ3) is 2.73. The SMILES string of the molecule is O=c1[nH][nH]c(=O)c2c(NCc3cccc(Br)n3)cccc12. The minimum absolute atomic E-state index is 0.325. The molecule has 3 N–H and O–H groups in total. The normalized spacial score (nSPS) is 10.7. The lowest BCUT2D eigenvalue weighted by atomic mass is 10.1. The Labute approximate surface area is 127 Å². The Bertz CT molecular complexity index is 916. The van der Waals surface area contributed by atoms with Gasteiger partial charge in [0.15, 0.2) is 0 Å². The van der Waals surface area contributed by atoms with E-state index in [0.29, 0.717) is 23.0 Å². The van der Waals surface area contributed by atoms with Crippen molar-refractivity contribution >= 4 is 32.4 Å². The van der Waals surface area contributed by atoms with Crippen molar-refractivity contribution in [2.75, 3.05) is 5.32 Å². The van der Waals surface area contributed by atoms with Gasteiger partial charge in [0.1, 0.15) is 4.60 Å². The molecule has 21 heavy (non-hydrogen) atoms. The molecule has 3 rings (SSSR count). The summed E-state index contributed by atoms with van der Waals surface area (Å²) in [5.74, 6) is 0. The molecule has 106 valence electrons. The van der Waals surface area contributed by atoms with E-state index in [2.05, 4.69) is 36.4 Å². The molecule has 0 spiro atoms. The van der Waals surface area contributed by atoms with E-state index in [4.69, 9.17) is 0 Å². The smallest absolute Gasteiger partial charge is 0.272 e. The number of rotatable bonds is 3. The van der Waals surface area contributed by atoms with Gasteiger partial charge in [0.25, 0.3) is 11.1 Å². The standard InChI is InChI=1S/C14H11BrN4O2/c15-11-6-1-3-8(17-11)7-16-10-5-2-4-9-12(10)14(21)19-18-13(9)20/h1-6,16H,7H2,(H,18,20)(H,19,21). The third-order valence-electron chi connectivity index (χ3n) is 3.06. The number of aromatic amines is 2. The van der Waals surface area contributed by atoms with Gasteiger partial charge in [-0.3, -0.25) is 19.8 Å². The van der Waals surface area contributed by atoms with Crippen LogP contribution in [0.4, 0.5) is 5.69 Å². The molecule has 2 aromatic heterocycles. The number of benzene rings is 1. The monoisotopic (exact) mass is 346 g/mol. The molecule has 0 fully saturated rings. The van der Waals surface area contributed by atoms with Gasteiger partial charge in [0, 0.05) is 5.69 Å². The number of aromatic nitrogens is 3. The molecular formula is C14H11BrN4O2. The maximum atomic E-state index is 11.9. The quantitative estimate of drug-likeness (QED) is 0.632. The highest BCUT2D eigenvalue weighted by Crippen LogP contribution is 2.17. The highest BCUT2D eigenvalue weighted by atomic mass is 79.9. The number of hydrogen-bond donors (Lipinski definition) is 3. The molecule has 0 saturated carbocycles. The Morgan fingerprint density at radius 3 is 2.62 bits per heavy atom. The zero-order valence-corrected chi connectivity index (χ0v) is 12.4. The van der Waals surface area contributed by atoms with Crippen LogP contribution >= 0.6 is 15.9 Å². The van der Waals surface area contributed by atoms with Crippen LogP contribution in [-0.4, -0.2) is 15.2 Å². The van der Waals surface area contributed by atoms with Crippen LogP contribution in [0.2, 0.25) is 0 Å². The summed E-state index contributed by atoms with van der Waals surface area (Å²) < 4.78 is 0.744. The number of hydrogen-bond acceptors (Lipinski definition) is 4. The van der Waals surface area contributed by atoms with E-state index < -0.39 is 0 Å². The lowest BCUT2D eigenvalue weighted by Crippen LogP contribution is -2.20. The average Bonchev–Trinajstić information content (AvgIpc) is 2.49. The molecule has 0 bridgehead atoms. The summed E-state index contributed by atoms with van der Waals surface area (Å²) in [6.45, 7) is 0.449. The first kappa shape index (κ1) is 13.6. The second kappa shape index (κ2) is 5.53.